The monoisotopic (exact) mass is 287 g/mol. The lowest BCUT2D eigenvalue weighted by Gasteiger charge is -2.06. The van der Waals surface area contributed by atoms with E-state index in [4.69, 9.17) is 0 Å². The van der Waals surface area contributed by atoms with Crippen molar-refractivity contribution in [1.82, 2.24) is 9.55 Å². The predicted molar refractivity (Wildman–Crippen MR) is 75.0 cm³/mol. The average molecular weight is 287 g/mol. The number of carbonyl (C=O) groups excluding carboxylic acids is 1. The smallest absolute Gasteiger partial charge is 0.261 e. The van der Waals surface area contributed by atoms with E-state index in [2.05, 4.69) is 10.3 Å². The molecule has 1 N–H and O–H groups in total. The van der Waals surface area contributed by atoms with E-state index in [0.717, 1.165) is 23.7 Å². The minimum atomic E-state index is -0.785. The Bertz CT molecular complexity index is 842. The van der Waals surface area contributed by atoms with Gasteiger partial charge in [0.05, 0.1) is 16.6 Å². The Morgan fingerprint density at radius 1 is 1.19 bits per heavy atom. The van der Waals surface area contributed by atoms with E-state index < -0.39 is 17.5 Å². The molecule has 0 saturated carbocycles. The summed E-state index contributed by atoms with van der Waals surface area (Å²) >= 11 is 0. The molecule has 0 saturated heterocycles. The van der Waals surface area contributed by atoms with E-state index in [9.17, 15) is 13.6 Å². The highest BCUT2D eigenvalue weighted by Crippen LogP contribution is 2.19. The zero-order valence-corrected chi connectivity index (χ0v) is 11.1. The molecule has 0 aliphatic carbocycles. The highest BCUT2D eigenvalue weighted by atomic mass is 19.1. The zero-order chi connectivity index (χ0) is 15.0. The lowest BCUT2D eigenvalue weighted by atomic mass is 10.2. The first kappa shape index (κ1) is 13.2. The average Bonchev–Trinajstić information content (AvgIpc) is 2.78. The summed E-state index contributed by atoms with van der Waals surface area (Å²) in [6.45, 7) is 0. The van der Waals surface area contributed by atoms with Crippen LogP contribution in [-0.4, -0.2) is 15.5 Å². The van der Waals surface area contributed by atoms with E-state index in [0.29, 0.717) is 5.52 Å². The van der Waals surface area contributed by atoms with Gasteiger partial charge in [-0.05, 0) is 30.3 Å². The molecule has 3 rings (SSSR count). The molecule has 0 unspecified atom stereocenters. The molecule has 2 aromatic carbocycles. The van der Waals surface area contributed by atoms with Crippen LogP contribution in [-0.2, 0) is 7.05 Å². The molecular formula is C15H11F2N3O. The van der Waals surface area contributed by atoms with Crippen molar-refractivity contribution in [2.45, 2.75) is 0 Å². The van der Waals surface area contributed by atoms with Crippen LogP contribution in [0.25, 0.3) is 11.0 Å². The first-order chi connectivity index (χ1) is 10.1. The minimum Gasteiger partial charge on any atom is -0.313 e. The largest absolute Gasteiger partial charge is 0.313 e. The Kier molecular flexibility index (Phi) is 3.13. The molecule has 0 fully saturated rings. The summed E-state index contributed by atoms with van der Waals surface area (Å²) in [5, 5.41) is 2.49. The molecule has 1 amide bonds. The van der Waals surface area contributed by atoms with Gasteiger partial charge in [0.2, 0.25) is 5.95 Å². The van der Waals surface area contributed by atoms with Gasteiger partial charge in [0.1, 0.15) is 11.6 Å². The van der Waals surface area contributed by atoms with Gasteiger partial charge in [0.15, 0.2) is 0 Å². The number of aryl methyl sites for hydroxylation is 1. The first-order valence-corrected chi connectivity index (χ1v) is 6.24. The Hall–Kier alpha value is -2.76. The number of carbonyl (C=O) groups is 1. The maximum absolute atomic E-state index is 13.6. The van der Waals surface area contributed by atoms with Crippen LogP contribution in [0.4, 0.5) is 14.7 Å². The van der Waals surface area contributed by atoms with Gasteiger partial charge in [-0.1, -0.05) is 12.1 Å². The SMILES string of the molecule is Cn1c(NC(=O)c2cc(F)ccc2F)nc2ccccc21. The third kappa shape index (κ3) is 2.35. The zero-order valence-electron chi connectivity index (χ0n) is 11.1. The molecule has 0 radical (unpaired) electrons. The van der Waals surface area contributed by atoms with E-state index in [1.54, 1.807) is 17.7 Å². The maximum Gasteiger partial charge on any atom is 0.261 e. The topological polar surface area (TPSA) is 46.9 Å². The molecule has 1 aromatic heterocycles. The number of para-hydroxylation sites is 2. The van der Waals surface area contributed by atoms with Crippen LogP contribution in [0.2, 0.25) is 0 Å². The summed E-state index contributed by atoms with van der Waals surface area (Å²) in [4.78, 5) is 16.3. The van der Waals surface area contributed by atoms with Gasteiger partial charge < -0.3 is 4.57 Å². The fourth-order valence-corrected chi connectivity index (χ4v) is 2.10. The number of nitrogens with one attached hydrogen (secondary N) is 1. The molecule has 0 spiro atoms. The third-order valence-electron chi connectivity index (χ3n) is 3.19. The Labute approximate surface area is 119 Å². The highest BCUT2D eigenvalue weighted by Gasteiger charge is 2.16. The molecule has 0 atom stereocenters. The number of hydrogen-bond acceptors (Lipinski definition) is 2. The lowest BCUT2D eigenvalue weighted by molar-refractivity contribution is 0.102. The molecule has 0 bridgehead atoms. The summed E-state index contributed by atoms with van der Waals surface area (Å²) < 4.78 is 28.4. The second-order valence-electron chi connectivity index (χ2n) is 4.56. The Morgan fingerprint density at radius 3 is 2.71 bits per heavy atom. The van der Waals surface area contributed by atoms with Crippen molar-refractivity contribution in [2.75, 3.05) is 5.32 Å². The van der Waals surface area contributed by atoms with Crippen molar-refractivity contribution in [3.8, 4) is 0 Å². The van der Waals surface area contributed by atoms with Gasteiger partial charge in [-0.25, -0.2) is 13.8 Å². The van der Waals surface area contributed by atoms with E-state index in [-0.39, 0.29) is 11.5 Å². The van der Waals surface area contributed by atoms with Crippen molar-refractivity contribution in [1.29, 1.82) is 0 Å². The number of fused-ring (bicyclic) bond motifs is 1. The van der Waals surface area contributed by atoms with Crippen LogP contribution in [0.1, 0.15) is 10.4 Å². The lowest BCUT2D eigenvalue weighted by Crippen LogP contribution is -2.16. The van der Waals surface area contributed by atoms with Gasteiger partial charge >= 0.3 is 0 Å². The Balaban J connectivity index is 1.96. The number of amides is 1. The van der Waals surface area contributed by atoms with Crippen LogP contribution < -0.4 is 5.32 Å². The first-order valence-electron chi connectivity index (χ1n) is 6.24. The molecule has 3 aromatic rings. The van der Waals surface area contributed by atoms with Crippen molar-refractivity contribution in [2.24, 2.45) is 7.05 Å². The number of hydrogen-bond donors (Lipinski definition) is 1. The second kappa shape index (κ2) is 4.97. The van der Waals surface area contributed by atoms with Crippen LogP contribution in [0, 0.1) is 11.6 Å². The van der Waals surface area contributed by atoms with Gasteiger partial charge in [-0.15, -0.1) is 0 Å². The van der Waals surface area contributed by atoms with Gasteiger partial charge in [0, 0.05) is 7.05 Å². The van der Waals surface area contributed by atoms with Crippen molar-refractivity contribution in [3.63, 3.8) is 0 Å². The molecule has 6 heteroatoms. The molecule has 0 aliphatic heterocycles. The molecule has 4 nitrogen and oxygen atoms in total. The molecular weight excluding hydrogens is 276 g/mol. The van der Waals surface area contributed by atoms with Gasteiger partial charge in [0.25, 0.3) is 5.91 Å². The second-order valence-corrected chi connectivity index (χ2v) is 4.56. The fourth-order valence-electron chi connectivity index (χ4n) is 2.10. The van der Waals surface area contributed by atoms with Gasteiger partial charge in [-0.3, -0.25) is 10.1 Å². The molecule has 0 aliphatic rings. The number of nitrogens with zero attached hydrogens (tertiary/aromatic N) is 2. The van der Waals surface area contributed by atoms with Crippen molar-refractivity contribution >= 4 is 22.9 Å². The summed E-state index contributed by atoms with van der Waals surface area (Å²) in [6.07, 6.45) is 0. The summed E-state index contributed by atoms with van der Waals surface area (Å²) in [5.74, 6) is -1.94. The number of halogens is 2. The number of imidazole rings is 1. The predicted octanol–water partition coefficient (Wildman–Crippen LogP) is 3.10. The quantitative estimate of drug-likeness (QED) is 0.787. The van der Waals surface area contributed by atoms with Crippen molar-refractivity contribution < 1.29 is 13.6 Å². The number of aromatic nitrogens is 2. The fraction of sp³-hybridized carbons (Fsp3) is 0.0667. The van der Waals surface area contributed by atoms with Crippen LogP contribution in [0.3, 0.4) is 0 Å². The van der Waals surface area contributed by atoms with E-state index in [1.807, 2.05) is 18.2 Å². The summed E-state index contributed by atoms with van der Waals surface area (Å²) in [5.41, 5.74) is 1.17. The number of benzene rings is 2. The Morgan fingerprint density at radius 2 is 1.95 bits per heavy atom. The number of rotatable bonds is 2. The normalized spacial score (nSPS) is 10.8. The maximum atomic E-state index is 13.6. The molecule has 1 heterocycles. The highest BCUT2D eigenvalue weighted by molar-refractivity contribution is 6.04. The van der Waals surface area contributed by atoms with Gasteiger partial charge in [-0.2, -0.15) is 0 Å². The van der Waals surface area contributed by atoms with Crippen LogP contribution in [0.5, 0.6) is 0 Å². The molecule has 106 valence electrons. The molecule has 21 heavy (non-hydrogen) atoms. The van der Waals surface area contributed by atoms with Crippen LogP contribution >= 0.6 is 0 Å². The van der Waals surface area contributed by atoms with E-state index in [1.165, 1.54) is 0 Å². The van der Waals surface area contributed by atoms with E-state index >= 15 is 0 Å². The van der Waals surface area contributed by atoms with Crippen LogP contribution in [0.15, 0.2) is 42.5 Å². The summed E-state index contributed by atoms with van der Waals surface area (Å²) in [7, 11) is 1.73. The minimum absolute atomic E-state index is 0.268. The standard InChI is InChI=1S/C15H11F2N3O/c1-20-13-5-3-2-4-12(13)18-15(20)19-14(21)10-8-9(16)6-7-11(10)17/h2-8H,1H3,(H,18,19,21). The number of anilines is 1. The van der Waals surface area contributed by atoms with Crippen molar-refractivity contribution in [3.05, 3.63) is 59.7 Å². The third-order valence-corrected chi connectivity index (χ3v) is 3.19. The summed E-state index contributed by atoms with van der Waals surface area (Å²) in [6, 6.07) is 10.1.